The van der Waals surface area contributed by atoms with Gasteiger partial charge in [0.1, 0.15) is 0 Å². The van der Waals surface area contributed by atoms with Gasteiger partial charge in [-0.15, -0.1) is 0 Å². The summed E-state index contributed by atoms with van der Waals surface area (Å²) < 4.78 is 4.85. The van der Waals surface area contributed by atoms with Crippen molar-refractivity contribution in [1.82, 2.24) is 0 Å². The second-order valence-corrected chi connectivity index (χ2v) is 4.08. The number of hydrogen-bond donors (Lipinski definition) is 1. The molecule has 0 aromatic heterocycles. The minimum absolute atomic E-state index is 0.211. The molecule has 0 saturated carbocycles. The number of ether oxygens (including phenoxy) is 1. The van der Waals surface area contributed by atoms with Crippen LogP contribution in [0.1, 0.15) is 17.5 Å². The molecular formula is C13H15NO2. The highest BCUT2D eigenvalue weighted by Crippen LogP contribution is 2.16. The van der Waals surface area contributed by atoms with Crippen molar-refractivity contribution in [2.24, 2.45) is 0 Å². The first-order valence-corrected chi connectivity index (χ1v) is 5.36. The molecule has 1 N–H and O–H groups in total. The molecule has 84 valence electrons. The zero-order valence-electron chi connectivity index (χ0n) is 9.54. The third kappa shape index (κ3) is 2.42. The molecule has 0 atom stereocenters. The first-order valence-electron chi connectivity index (χ1n) is 5.36. The van der Waals surface area contributed by atoms with E-state index in [0.717, 1.165) is 5.69 Å². The summed E-state index contributed by atoms with van der Waals surface area (Å²) in [5, 5.41) is 3.14. The maximum absolute atomic E-state index is 11.2. The van der Waals surface area contributed by atoms with Gasteiger partial charge in [-0.05, 0) is 37.1 Å². The van der Waals surface area contributed by atoms with E-state index in [1.54, 1.807) is 6.20 Å². The Hall–Kier alpha value is -1.77. The van der Waals surface area contributed by atoms with Gasteiger partial charge in [-0.1, -0.05) is 6.07 Å². The topological polar surface area (TPSA) is 38.3 Å². The Morgan fingerprint density at radius 1 is 1.25 bits per heavy atom. The van der Waals surface area contributed by atoms with Gasteiger partial charge in [0.2, 0.25) is 0 Å². The number of carbonyl (C=O) groups is 1. The Labute approximate surface area is 95.1 Å². The Bertz CT molecular complexity index is 429. The number of aryl methyl sites for hydroxylation is 2. The van der Waals surface area contributed by atoms with Crippen molar-refractivity contribution in [1.29, 1.82) is 0 Å². The zero-order chi connectivity index (χ0) is 11.5. The van der Waals surface area contributed by atoms with Crippen LogP contribution in [0.25, 0.3) is 0 Å². The zero-order valence-corrected chi connectivity index (χ0v) is 9.54. The van der Waals surface area contributed by atoms with E-state index in [9.17, 15) is 4.79 Å². The molecule has 1 saturated heterocycles. The van der Waals surface area contributed by atoms with Crippen LogP contribution in [-0.2, 0) is 9.53 Å². The molecule has 1 aliphatic rings. The van der Waals surface area contributed by atoms with Crippen LogP contribution in [0.15, 0.2) is 30.0 Å². The third-order valence-corrected chi connectivity index (χ3v) is 2.50. The summed E-state index contributed by atoms with van der Waals surface area (Å²) >= 11 is 0. The van der Waals surface area contributed by atoms with Crippen molar-refractivity contribution in [2.75, 3.05) is 11.9 Å². The minimum atomic E-state index is -0.211. The number of carbonyl (C=O) groups excluding carboxylic acids is 1. The summed E-state index contributed by atoms with van der Waals surface area (Å²) in [5.74, 6) is -0.211. The highest BCUT2D eigenvalue weighted by Gasteiger charge is 2.17. The van der Waals surface area contributed by atoms with Crippen molar-refractivity contribution >= 4 is 11.7 Å². The molecule has 1 heterocycles. The van der Waals surface area contributed by atoms with Crippen molar-refractivity contribution in [3.63, 3.8) is 0 Å². The van der Waals surface area contributed by atoms with Gasteiger partial charge in [-0.3, -0.25) is 0 Å². The van der Waals surface area contributed by atoms with Crippen molar-refractivity contribution in [3.05, 3.63) is 41.1 Å². The normalized spacial score (nSPS) is 17.6. The van der Waals surface area contributed by atoms with E-state index in [2.05, 4.69) is 25.2 Å². The SMILES string of the molecule is Cc1cc(C)cc(N/C=C2/CCOC2=O)c1. The van der Waals surface area contributed by atoms with E-state index in [4.69, 9.17) is 4.74 Å². The average molecular weight is 217 g/mol. The first-order chi connectivity index (χ1) is 7.65. The largest absolute Gasteiger partial charge is 0.462 e. The second-order valence-electron chi connectivity index (χ2n) is 4.08. The van der Waals surface area contributed by atoms with Crippen LogP contribution in [-0.4, -0.2) is 12.6 Å². The van der Waals surface area contributed by atoms with Gasteiger partial charge >= 0.3 is 5.97 Å². The van der Waals surface area contributed by atoms with Gasteiger partial charge in [-0.25, -0.2) is 4.79 Å². The molecule has 16 heavy (non-hydrogen) atoms. The van der Waals surface area contributed by atoms with E-state index >= 15 is 0 Å². The lowest BCUT2D eigenvalue weighted by Crippen LogP contribution is -1.98. The summed E-state index contributed by atoms with van der Waals surface area (Å²) in [6.45, 7) is 4.60. The lowest BCUT2D eigenvalue weighted by molar-refractivity contribution is -0.135. The second kappa shape index (κ2) is 4.39. The van der Waals surface area contributed by atoms with Gasteiger partial charge < -0.3 is 10.1 Å². The lowest BCUT2D eigenvalue weighted by Gasteiger charge is -2.04. The maximum Gasteiger partial charge on any atom is 0.335 e. The fourth-order valence-corrected chi connectivity index (χ4v) is 1.81. The number of hydrogen-bond acceptors (Lipinski definition) is 3. The summed E-state index contributed by atoms with van der Waals surface area (Å²) in [4.78, 5) is 11.2. The molecule has 0 radical (unpaired) electrons. The van der Waals surface area contributed by atoms with E-state index in [1.165, 1.54) is 11.1 Å². The van der Waals surface area contributed by atoms with Crippen LogP contribution in [0.4, 0.5) is 5.69 Å². The van der Waals surface area contributed by atoms with Gasteiger partial charge in [0, 0.05) is 18.3 Å². The van der Waals surface area contributed by atoms with Crippen LogP contribution in [0.3, 0.4) is 0 Å². The average Bonchev–Trinajstić information content (AvgIpc) is 2.59. The van der Waals surface area contributed by atoms with Gasteiger partial charge in [0.25, 0.3) is 0 Å². The molecule has 2 rings (SSSR count). The maximum atomic E-state index is 11.2. The Balaban J connectivity index is 2.12. The predicted molar refractivity (Wildman–Crippen MR) is 63.2 cm³/mol. The van der Waals surface area contributed by atoms with Gasteiger partial charge in [0.05, 0.1) is 12.2 Å². The van der Waals surface area contributed by atoms with Crippen molar-refractivity contribution in [3.8, 4) is 0 Å². The van der Waals surface area contributed by atoms with Crippen LogP contribution in [0, 0.1) is 13.8 Å². The molecule has 3 heteroatoms. The van der Waals surface area contributed by atoms with Crippen molar-refractivity contribution < 1.29 is 9.53 Å². The van der Waals surface area contributed by atoms with Crippen LogP contribution in [0.5, 0.6) is 0 Å². The van der Waals surface area contributed by atoms with E-state index in [0.29, 0.717) is 18.6 Å². The first kappa shape index (κ1) is 10.7. The Kier molecular flexibility index (Phi) is 2.95. The molecule has 1 aliphatic heterocycles. The van der Waals surface area contributed by atoms with Gasteiger partial charge in [0.15, 0.2) is 0 Å². The molecule has 0 aliphatic carbocycles. The number of cyclic esters (lactones) is 1. The number of benzene rings is 1. The smallest absolute Gasteiger partial charge is 0.335 e. The van der Waals surface area contributed by atoms with Crippen LogP contribution < -0.4 is 5.32 Å². The molecule has 0 amide bonds. The lowest BCUT2D eigenvalue weighted by atomic mass is 10.1. The van der Waals surface area contributed by atoms with E-state index in [-0.39, 0.29) is 5.97 Å². The summed E-state index contributed by atoms with van der Waals surface area (Å²) in [5.41, 5.74) is 4.12. The molecule has 0 bridgehead atoms. The van der Waals surface area contributed by atoms with E-state index in [1.807, 2.05) is 12.1 Å². The van der Waals surface area contributed by atoms with Gasteiger partial charge in [-0.2, -0.15) is 0 Å². The molecule has 1 aromatic carbocycles. The summed E-state index contributed by atoms with van der Waals surface area (Å²) in [7, 11) is 0. The standard InChI is InChI=1S/C13H15NO2/c1-9-5-10(2)7-12(6-9)14-8-11-3-4-16-13(11)15/h5-8,14H,3-4H2,1-2H3/b11-8-. The molecule has 3 nitrogen and oxygen atoms in total. The van der Waals surface area contributed by atoms with Crippen molar-refractivity contribution in [2.45, 2.75) is 20.3 Å². The van der Waals surface area contributed by atoms with Crippen LogP contribution in [0.2, 0.25) is 0 Å². The minimum Gasteiger partial charge on any atom is -0.462 e. The van der Waals surface area contributed by atoms with Crippen LogP contribution >= 0.6 is 0 Å². The Morgan fingerprint density at radius 3 is 2.50 bits per heavy atom. The fraction of sp³-hybridized carbons (Fsp3) is 0.308. The fourth-order valence-electron chi connectivity index (χ4n) is 1.81. The predicted octanol–water partition coefficient (Wildman–Crippen LogP) is 2.55. The molecule has 0 spiro atoms. The molecular weight excluding hydrogens is 202 g/mol. The monoisotopic (exact) mass is 217 g/mol. The quantitative estimate of drug-likeness (QED) is 0.611. The summed E-state index contributed by atoms with van der Waals surface area (Å²) in [6, 6.07) is 6.21. The number of nitrogens with one attached hydrogen (secondary N) is 1. The summed E-state index contributed by atoms with van der Waals surface area (Å²) in [6.07, 6.45) is 2.43. The number of anilines is 1. The molecule has 1 fully saturated rings. The highest BCUT2D eigenvalue weighted by atomic mass is 16.5. The number of esters is 1. The molecule has 1 aromatic rings. The number of rotatable bonds is 2. The van der Waals surface area contributed by atoms with E-state index < -0.39 is 0 Å². The third-order valence-electron chi connectivity index (χ3n) is 2.50. The molecule has 0 unspecified atom stereocenters. The highest BCUT2D eigenvalue weighted by molar-refractivity contribution is 5.90. The Morgan fingerprint density at radius 2 is 1.94 bits per heavy atom.